The van der Waals surface area contributed by atoms with Crippen LogP contribution in [0.25, 0.3) is 0 Å². The van der Waals surface area contributed by atoms with Crippen LogP contribution in [-0.4, -0.2) is 55.4 Å². The van der Waals surface area contributed by atoms with E-state index in [1.165, 1.54) is 12.8 Å². The maximum absolute atomic E-state index is 12.3. The highest BCUT2D eigenvalue weighted by molar-refractivity contribution is 5.68. The Labute approximate surface area is 130 Å². The fourth-order valence-electron chi connectivity index (χ4n) is 2.63. The van der Waals surface area contributed by atoms with Crippen LogP contribution in [0.2, 0.25) is 0 Å². The number of ether oxygens (including phenoxy) is 1. The second kappa shape index (κ2) is 5.73. The van der Waals surface area contributed by atoms with Crippen molar-refractivity contribution in [3.63, 3.8) is 0 Å². The van der Waals surface area contributed by atoms with E-state index in [4.69, 9.17) is 4.74 Å². The van der Waals surface area contributed by atoms with Crippen LogP contribution in [0.15, 0.2) is 0 Å². The molecule has 8 heteroatoms. The maximum atomic E-state index is 12.3. The molecule has 1 saturated carbocycles. The largest absolute Gasteiger partial charge is 0.444 e. The quantitative estimate of drug-likeness (QED) is 0.910. The van der Waals surface area contributed by atoms with Gasteiger partial charge in [-0.1, -0.05) is 5.10 Å². The highest BCUT2D eigenvalue weighted by Gasteiger charge is 2.33. The molecule has 1 N–H and O–H groups in total. The van der Waals surface area contributed by atoms with Crippen molar-refractivity contribution < 1.29 is 9.53 Å². The van der Waals surface area contributed by atoms with Crippen molar-refractivity contribution in [1.29, 1.82) is 0 Å². The van der Waals surface area contributed by atoms with Crippen LogP contribution in [0.5, 0.6) is 0 Å². The minimum atomic E-state index is -0.474. The number of carbonyl (C=O) groups excluding carboxylic acids is 1. The summed E-state index contributed by atoms with van der Waals surface area (Å²) in [5, 5.41) is 15.1. The molecule has 122 valence electrons. The molecule has 1 aromatic rings. The van der Waals surface area contributed by atoms with Crippen molar-refractivity contribution in [2.45, 2.75) is 70.7 Å². The van der Waals surface area contributed by atoms with Gasteiger partial charge in [-0.15, -0.1) is 0 Å². The van der Waals surface area contributed by atoms with E-state index >= 15 is 0 Å². The molecule has 1 saturated heterocycles. The first-order valence-electron chi connectivity index (χ1n) is 7.95. The minimum absolute atomic E-state index is 0.0816. The van der Waals surface area contributed by atoms with Crippen LogP contribution >= 0.6 is 0 Å². The van der Waals surface area contributed by atoms with E-state index in [0.717, 1.165) is 19.4 Å². The summed E-state index contributed by atoms with van der Waals surface area (Å²) in [6.45, 7) is 6.98. The van der Waals surface area contributed by atoms with Gasteiger partial charge in [-0.2, -0.15) is 0 Å². The van der Waals surface area contributed by atoms with E-state index in [2.05, 4.69) is 20.8 Å². The van der Waals surface area contributed by atoms with Gasteiger partial charge in [0.25, 0.3) is 0 Å². The topological polar surface area (TPSA) is 85.2 Å². The molecule has 2 heterocycles. The molecule has 2 fully saturated rings. The van der Waals surface area contributed by atoms with Gasteiger partial charge in [-0.3, -0.25) is 0 Å². The van der Waals surface area contributed by atoms with E-state index in [-0.39, 0.29) is 12.1 Å². The van der Waals surface area contributed by atoms with Gasteiger partial charge in [-0.05, 0) is 56.9 Å². The van der Waals surface area contributed by atoms with Crippen molar-refractivity contribution >= 4 is 12.0 Å². The first-order valence-corrected chi connectivity index (χ1v) is 7.95. The zero-order chi connectivity index (χ0) is 15.7. The first kappa shape index (κ1) is 15.1. The molecule has 0 aromatic carbocycles. The second-order valence-electron chi connectivity index (χ2n) is 7.07. The number of anilines is 1. The smallest absolute Gasteiger partial charge is 0.410 e. The third kappa shape index (κ3) is 3.66. The number of likely N-dealkylation sites (tertiary alicyclic amines) is 1. The lowest BCUT2D eigenvalue weighted by Gasteiger charge is -2.28. The zero-order valence-corrected chi connectivity index (χ0v) is 13.4. The van der Waals surface area contributed by atoms with E-state index in [9.17, 15) is 4.79 Å². The fraction of sp³-hybridized carbons (Fsp3) is 0.857. The molecular weight excluding hydrogens is 284 g/mol. The van der Waals surface area contributed by atoms with Gasteiger partial charge in [0.2, 0.25) is 5.95 Å². The summed E-state index contributed by atoms with van der Waals surface area (Å²) in [6, 6.07) is 0.577. The Morgan fingerprint density at radius 2 is 2.14 bits per heavy atom. The van der Waals surface area contributed by atoms with Crippen LogP contribution in [0.3, 0.4) is 0 Å². The molecule has 22 heavy (non-hydrogen) atoms. The lowest BCUT2D eigenvalue weighted by Crippen LogP contribution is -2.41. The number of carbonyl (C=O) groups is 1. The third-order valence-corrected chi connectivity index (χ3v) is 3.83. The predicted molar refractivity (Wildman–Crippen MR) is 80.4 cm³/mol. The number of nitrogens with zero attached hydrogens (tertiary/aromatic N) is 5. The molecule has 1 aliphatic heterocycles. The normalized spacial score (nSPS) is 22.0. The molecule has 3 rings (SSSR count). The molecule has 2 aliphatic rings. The Bertz CT molecular complexity index is 534. The number of tetrazole rings is 1. The van der Waals surface area contributed by atoms with Crippen LogP contribution in [-0.2, 0) is 11.3 Å². The second-order valence-corrected chi connectivity index (χ2v) is 7.07. The molecule has 0 spiro atoms. The van der Waals surface area contributed by atoms with Crippen LogP contribution in [0.1, 0.15) is 46.5 Å². The molecule has 1 amide bonds. The van der Waals surface area contributed by atoms with Gasteiger partial charge in [0.05, 0.1) is 12.6 Å². The summed E-state index contributed by atoms with van der Waals surface area (Å²) in [5.41, 5.74) is -0.474. The van der Waals surface area contributed by atoms with Gasteiger partial charge in [-0.25, -0.2) is 9.48 Å². The molecule has 8 nitrogen and oxygen atoms in total. The van der Waals surface area contributed by atoms with Crippen LogP contribution in [0, 0.1) is 0 Å². The van der Waals surface area contributed by atoms with Crippen molar-refractivity contribution in [1.82, 2.24) is 25.1 Å². The predicted octanol–water partition coefficient (Wildman–Crippen LogP) is 1.65. The summed E-state index contributed by atoms with van der Waals surface area (Å²) in [6.07, 6.45) is 4.01. The van der Waals surface area contributed by atoms with Gasteiger partial charge in [0.1, 0.15) is 5.60 Å². The van der Waals surface area contributed by atoms with Crippen molar-refractivity contribution in [3.05, 3.63) is 0 Å². The molecule has 0 bridgehead atoms. The number of rotatable bonds is 4. The standard InChI is InChI=1S/C14H24N6O2/c1-14(2,3)22-13(21)19-8-4-5-11(19)9-20-12(16-17-18-20)15-10-6-7-10/h10-11H,4-9H2,1-3H3,(H,15,16,18). The molecule has 1 unspecified atom stereocenters. The fourth-order valence-corrected chi connectivity index (χ4v) is 2.63. The molecule has 1 aliphatic carbocycles. The summed E-state index contributed by atoms with van der Waals surface area (Å²) in [4.78, 5) is 14.1. The highest BCUT2D eigenvalue weighted by atomic mass is 16.6. The highest BCUT2D eigenvalue weighted by Crippen LogP contribution is 2.25. The van der Waals surface area contributed by atoms with E-state index in [1.807, 2.05) is 20.8 Å². The monoisotopic (exact) mass is 308 g/mol. The van der Waals surface area contributed by atoms with Crippen molar-refractivity contribution in [2.75, 3.05) is 11.9 Å². The third-order valence-electron chi connectivity index (χ3n) is 3.83. The summed E-state index contributed by atoms with van der Waals surface area (Å²) in [7, 11) is 0. The zero-order valence-electron chi connectivity index (χ0n) is 13.4. The Balaban J connectivity index is 1.63. The number of hydrogen-bond acceptors (Lipinski definition) is 6. The number of amides is 1. The lowest BCUT2D eigenvalue weighted by molar-refractivity contribution is 0.0211. The SMILES string of the molecule is CC(C)(C)OC(=O)N1CCCC1Cn1nnnc1NC1CC1. The molecule has 1 atom stereocenters. The summed E-state index contributed by atoms with van der Waals surface area (Å²) >= 11 is 0. The van der Waals surface area contributed by atoms with E-state index in [1.54, 1.807) is 9.58 Å². The lowest BCUT2D eigenvalue weighted by atomic mass is 10.2. The Morgan fingerprint density at radius 3 is 2.82 bits per heavy atom. The van der Waals surface area contributed by atoms with E-state index in [0.29, 0.717) is 18.5 Å². The average Bonchev–Trinajstić information content (AvgIpc) is 2.93. The van der Waals surface area contributed by atoms with Gasteiger partial charge in [0.15, 0.2) is 0 Å². The number of aromatic nitrogens is 4. The molecule has 1 aromatic heterocycles. The minimum Gasteiger partial charge on any atom is -0.444 e. The van der Waals surface area contributed by atoms with Crippen molar-refractivity contribution in [2.24, 2.45) is 0 Å². The summed E-state index contributed by atoms with van der Waals surface area (Å²) in [5.74, 6) is 0.693. The molecule has 0 radical (unpaired) electrons. The first-order chi connectivity index (χ1) is 10.4. The summed E-state index contributed by atoms with van der Waals surface area (Å²) < 4.78 is 7.24. The van der Waals surface area contributed by atoms with Gasteiger partial charge >= 0.3 is 6.09 Å². The van der Waals surface area contributed by atoms with Gasteiger partial charge in [0, 0.05) is 12.6 Å². The van der Waals surface area contributed by atoms with Gasteiger partial charge < -0.3 is 15.0 Å². The number of hydrogen-bond donors (Lipinski definition) is 1. The molecular formula is C14H24N6O2. The average molecular weight is 308 g/mol. The Kier molecular flexibility index (Phi) is 3.92. The maximum Gasteiger partial charge on any atom is 0.410 e. The Hall–Kier alpha value is -1.86. The van der Waals surface area contributed by atoms with Crippen LogP contribution < -0.4 is 5.32 Å². The van der Waals surface area contributed by atoms with E-state index < -0.39 is 5.60 Å². The number of nitrogens with one attached hydrogen (secondary N) is 1. The van der Waals surface area contributed by atoms with Crippen molar-refractivity contribution in [3.8, 4) is 0 Å². The van der Waals surface area contributed by atoms with Crippen LogP contribution in [0.4, 0.5) is 10.7 Å². The Morgan fingerprint density at radius 1 is 1.36 bits per heavy atom.